The molecule has 0 saturated carbocycles. The fourth-order valence-corrected chi connectivity index (χ4v) is 1.62. The maximum Gasteiger partial charge on any atom is 0.0535 e. The van der Waals surface area contributed by atoms with Crippen molar-refractivity contribution in [2.75, 3.05) is 6.61 Å². The van der Waals surface area contributed by atoms with Gasteiger partial charge >= 0.3 is 0 Å². The highest BCUT2D eigenvalue weighted by Crippen LogP contribution is 2.09. The summed E-state index contributed by atoms with van der Waals surface area (Å²) in [6.45, 7) is 22.4. The molecule has 0 spiro atoms. The normalized spacial score (nSPS) is 12.0. The molecule has 2 atom stereocenters. The highest BCUT2D eigenvalue weighted by atomic mass is 16.3. The maximum absolute atomic E-state index is 8.67. The summed E-state index contributed by atoms with van der Waals surface area (Å²) in [5, 5.41) is 34.2. The smallest absolute Gasteiger partial charge is 0.0535 e. The molecule has 0 heterocycles. The van der Waals surface area contributed by atoms with Gasteiger partial charge in [0.25, 0.3) is 0 Å². The molecular formula is C26H62O4. The molecule has 0 saturated heterocycles. The lowest BCUT2D eigenvalue weighted by atomic mass is 9.99. The van der Waals surface area contributed by atoms with Gasteiger partial charge in [-0.05, 0) is 44.9 Å². The molecular weight excluding hydrogens is 376 g/mol. The number of aliphatic hydroxyl groups excluding tert-OH is 4. The molecule has 4 nitrogen and oxygen atoms in total. The van der Waals surface area contributed by atoms with Crippen LogP contribution in [-0.4, -0.2) is 45.3 Å². The number of aliphatic hydroxyl groups is 4. The average molecular weight is 439 g/mol. The molecule has 4 heteroatoms. The molecule has 0 aliphatic rings. The Morgan fingerprint density at radius 1 is 0.600 bits per heavy atom. The van der Waals surface area contributed by atoms with E-state index in [1.165, 1.54) is 25.7 Å². The van der Waals surface area contributed by atoms with E-state index in [0.717, 1.165) is 38.5 Å². The molecule has 0 aliphatic carbocycles. The Bertz CT molecular complexity index is 230. The van der Waals surface area contributed by atoms with Crippen LogP contribution in [0.1, 0.15) is 140 Å². The second kappa shape index (κ2) is 33.5. The van der Waals surface area contributed by atoms with Gasteiger partial charge in [0.15, 0.2) is 0 Å². The Kier molecular flexibility index (Phi) is 44.9. The lowest BCUT2D eigenvalue weighted by Crippen LogP contribution is -2.09. The van der Waals surface area contributed by atoms with Crippen LogP contribution in [0, 0.1) is 5.41 Å². The summed E-state index contributed by atoms with van der Waals surface area (Å²) in [6.07, 6.45) is 11.1. The second-order valence-corrected chi connectivity index (χ2v) is 9.17. The first-order valence-electron chi connectivity index (χ1n) is 12.5. The summed E-state index contributed by atoms with van der Waals surface area (Å²) in [4.78, 5) is 0. The van der Waals surface area contributed by atoms with Gasteiger partial charge in [-0.25, -0.2) is 0 Å². The zero-order chi connectivity index (χ0) is 25.0. The topological polar surface area (TPSA) is 80.9 Å². The molecule has 0 amide bonds. The van der Waals surface area contributed by atoms with Crippen LogP contribution in [0.15, 0.2) is 0 Å². The molecule has 0 radical (unpaired) electrons. The minimum atomic E-state index is -0.102. The third-order valence-electron chi connectivity index (χ3n) is 3.79. The van der Waals surface area contributed by atoms with Crippen LogP contribution < -0.4 is 0 Å². The summed E-state index contributed by atoms with van der Waals surface area (Å²) in [6, 6.07) is 0. The van der Waals surface area contributed by atoms with Crippen molar-refractivity contribution < 1.29 is 20.4 Å². The quantitative estimate of drug-likeness (QED) is 0.289. The molecule has 0 aromatic carbocycles. The number of unbranched alkanes of at least 4 members (excludes halogenated alkanes) is 3. The van der Waals surface area contributed by atoms with E-state index in [-0.39, 0.29) is 30.3 Å². The minimum Gasteiger partial charge on any atom is -0.396 e. The van der Waals surface area contributed by atoms with Crippen LogP contribution in [0.25, 0.3) is 0 Å². The molecule has 4 N–H and O–H groups in total. The van der Waals surface area contributed by atoms with Crippen LogP contribution in [0.5, 0.6) is 0 Å². The predicted molar refractivity (Wildman–Crippen MR) is 136 cm³/mol. The van der Waals surface area contributed by atoms with Crippen molar-refractivity contribution in [3.8, 4) is 0 Å². The fourth-order valence-electron chi connectivity index (χ4n) is 1.62. The van der Waals surface area contributed by atoms with E-state index in [9.17, 15) is 0 Å². The van der Waals surface area contributed by atoms with E-state index in [2.05, 4.69) is 27.7 Å². The molecule has 0 aliphatic heterocycles. The maximum atomic E-state index is 8.67. The van der Waals surface area contributed by atoms with Crippen molar-refractivity contribution >= 4 is 0 Å². The zero-order valence-corrected chi connectivity index (χ0v) is 22.8. The second-order valence-electron chi connectivity index (χ2n) is 9.17. The summed E-state index contributed by atoms with van der Waals surface area (Å²) in [5.41, 5.74) is 0.0972. The summed E-state index contributed by atoms with van der Waals surface area (Å²) < 4.78 is 0. The van der Waals surface area contributed by atoms with Gasteiger partial charge in [0, 0.05) is 6.61 Å². The SMILES string of the molecule is CC(C)(C)CO.CCC(O)CC.CCCC(C)O.CCCC(C)O.CCCCCC. The standard InChI is InChI=1S/C6H14.4C5H12O/c1-3-5-6-4-2;1-5(2,3)4-6;2*1-3-4-5(2)6;1-3-5(6)4-2/h3-6H2,1-2H3;6H,4H2,1-3H3;3*5-6H,3-4H2,1-2H3. The van der Waals surface area contributed by atoms with E-state index < -0.39 is 0 Å². The molecule has 0 rings (SSSR count). The Balaban J connectivity index is -0.0000000868. The van der Waals surface area contributed by atoms with Gasteiger partial charge in [-0.2, -0.15) is 0 Å². The predicted octanol–water partition coefficient (Wildman–Crippen LogP) is 7.11. The third-order valence-corrected chi connectivity index (χ3v) is 3.79. The monoisotopic (exact) mass is 438 g/mol. The lowest BCUT2D eigenvalue weighted by molar-refractivity contribution is 0.166. The molecule has 0 aromatic rings. The first kappa shape index (κ1) is 40.2. The van der Waals surface area contributed by atoms with E-state index >= 15 is 0 Å². The Labute approximate surface area is 191 Å². The number of hydrogen-bond acceptors (Lipinski definition) is 4. The van der Waals surface area contributed by atoms with Crippen molar-refractivity contribution in [1.82, 2.24) is 0 Å². The van der Waals surface area contributed by atoms with Crippen molar-refractivity contribution in [3.63, 3.8) is 0 Å². The fraction of sp³-hybridized carbons (Fsp3) is 1.00. The van der Waals surface area contributed by atoms with Crippen LogP contribution >= 0.6 is 0 Å². The Morgan fingerprint density at radius 3 is 0.900 bits per heavy atom. The number of hydrogen-bond donors (Lipinski definition) is 4. The van der Waals surface area contributed by atoms with Gasteiger partial charge in [-0.3, -0.25) is 0 Å². The molecule has 0 fully saturated rings. The van der Waals surface area contributed by atoms with Gasteiger partial charge in [0.2, 0.25) is 0 Å². The van der Waals surface area contributed by atoms with Gasteiger partial charge in [-0.1, -0.05) is 101 Å². The first-order valence-corrected chi connectivity index (χ1v) is 12.5. The van der Waals surface area contributed by atoms with Crippen LogP contribution in [0.2, 0.25) is 0 Å². The highest BCUT2D eigenvalue weighted by Gasteiger charge is 2.05. The van der Waals surface area contributed by atoms with Gasteiger partial charge in [0.05, 0.1) is 18.3 Å². The minimum absolute atomic E-state index is 0.0648. The zero-order valence-electron chi connectivity index (χ0n) is 22.8. The van der Waals surface area contributed by atoms with Gasteiger partial charge in [-0.15, -0.1) is 0 Å². The van der Waals surface area contributed by atoms with Crippen LogP contribution in [0.4, 0.5) is 0 Å². The van der Waals surface area contributed by atoms with Gasteiger partial charge in [0.1, 0.15) is 0 Å². The van der Waals surface area contributed by atoms with E-state index in [0.29, 0.717) is 0 Å². The summed E-state index contributed by atoms with van der Waals surface area (Å²) in [5.74, 6) is 0. The Morgan fingerprint density at radius 2 is 0.867 bits per heavy atom. The molecule has 190 valence electrons. The lowest BCUT2D eigenvalue weighted by Gasteiger charge is -2.11. The van der Waals surface area contributed by atoms with Crippen molar-refractivity contribution in [1.29, 1.82) is 0 Å². The molecule has 0 bridgehead atoms. The van der Waals surface area contributed by atoms with E-state index in [1.807, 2.05) is 48.5 Å². The summed E-state index contributed by atoms with van der Waals surface area (Å²) in [7, 11) is 0. The summed E-state index contributed by atoms with van der Waals surface area (Å²) >= 11 is 0. The Hall–Kier alpha value is -0.160. The average Bonchev–Trinajstić information content (AvgIpc) is 2.66. The molecule has 30 heavy (non-hydrogen) atoms. The van der Waals surface area contributed by atoms with E-state index in [1.54, 1.807) is 0 Å². The van der Waals surface area contributed by atoms with Gasteiger partial charge < -0.3 is 20.4 Å². The highest BCUT2D eigenvalue weighted by molar-refractivity contribution is 4.55. The van der Waals surface area contributed by atoms with Crippen molar-refractivity contribution in [2.45, 2.75) is 159 Å². The first-order chi connectivity index (χ1) is 13.8. The van der Waals surface area contributed by atoms with Crippen LogP contribution in [-0.2, 0) is 0 Å². The molecule has 0 aromatic heterocycles. The molecule has 2 unspecified atom stereocenters. The largest absolute Gasteiger partial charge is 0.396 e. The van der Waals surface area contributed by atoms with Crippen LogP contribution in [0.3, 0.4) is 0 Å². The third kappa shape index (κ3) is 79.9. The van der Waals surface area contributed by atoms with Crippen molar-refractivity contribution in [2.24, 2.45) is 5.41 Å². The van der Waals surface area contributed by atoms with Crippen molar-refractivity contribution in [3.05, 3.63) is 0 Å². The number of rotatable bonds is 9. The van der Waals surface area contributed by atoms with E-state index in [4.69, 9.17) is 20.4 Å².